The van der Waals surface area contributed by atoms with Crippen LogP contribution >= 0.6 is 0 Å². The van der Waals surface area contributed by atoms with Gasteiger partial charge in [-0.15, -0.1) is 10.2 Å². The van der Waals surface area contributed by atoms with Gasteiger partial charge in [-0.2, -0.15) is 4.98 Å². The van der Waals surface area contributed by atoms with Crippen molar-refractivity contribution >= 4 is 22.9 Å². The van der Waals surface area contributed by atoms with Gasteiger partial charge in [0, 0.05) is 50.2 Å². The number of halogens is 1. The molecule has 1 aliphatic heterocycles. The van der Waals surface area contributed by atoms with E-state index in [0.717, 1.165) is 43.3 Å². The van der Waals surface area contributed by atoms with Gasteiger partial charge in [-0.1, -0.05) is 0 Å². The lowest BCUT2D eigenvalue weighted by Gasteiger charge is -2.34. The molecule has 28 heavy (non-hydrogen) atoms. The zero-order valence-electron chi connectivity index (χ0n) is 15.0. The number of piperazine rings is 1. The summed E-state index contributed by atoms with van der Waals surface area (Å²) in [4.78, 5) is 12.7. The van der Waals surface area contributed by atoms with E-state index in [1.807, 2.05) is 24.3 Å². The predicted octanol–water partition coefficient (Wildman–Crippen LogP) is 3.15. The standard InChI is InChI=1S/C20H17FN6O/c21-15-1-2-17-18(13-15)28-20(23-17)27-11-9-26(10-12-27)19-4-3-16(24-25-19)14-5-7-22-8-6-14/h1-8,13H,9-12H2. The van der Waals surface area contributed by atoms with E-state index in [9.17, 15) is 4.39 Å². The van der Waals surface area contributed by atoms with E-state index in [4.69, 9.17) is 4.42 Å². The molecule has 4 aromatic rings. The minimum absolute atomic E-state index is 0.325. The SMILES string of the molecule is Fc1ccc2nc(N3CCN(c4ccc(-c5ccncc5)nn4)CC3)oc2c1. The highest BCUT2D eigenvalue weighted by atomic mass is 19.1. The first kappa shape index (κ1) is 16.6. The molecule has 1 fully saturated rings. The zero-order chi connectivity index (χ0) is 18.9. The first-order valence-electron chi connectivity index (χ1n) is 9.06. The molecule has 1 aromatic carbocycles. The fourth-order valence-electron chi connectivity index (χ4n) is 3.32. The third-order valence-corrected chi connectivity index (χ3v) is 4.84. The van der Waals surface area contributed by atoms with E-state index in [2.05, 4.69) is 30.0 Å². The van der Waals surface area contributed by atoms with Gasteiger partial charge in [0.05, 0.1) is 5.69 Å². The summed E-state index contributed by atoms with van der Waals surface area (Å²) in [5.74, 6) is 0.519. The second-order valence-electron chi connectivity index (χ2n) is 6.60. The lowest BCUT2D eigenvalue weighted by molar-refractivity contribution is 0.537. The molecule has 0 amide bonds. The van der Waals surface area contributed by atoms with Crippen LogP contribution in [0, 0.1) is 5.82 Å². The molecular weight excluding hydrogens is 359 g/mol. The zero-order valence-corrected chi connectivity index (χ0v) is 15.0. The maximum Gasteiger partial charge on any atom is 0.298 e. The molecule has 0 bridgehead atoms. The summed E-state index contributed by atoms with van der Waals surface area (Å²) in [7, 11) is 0. The topological polar surface area (TPSA) is 71.2 Å². The van der Waals surface area contributed by atoms with Crippen molar-refractivity contribution in [3.05, 3.63) is 60.7 Å². The van der Waals surface area contributed by atoms with Crippen LogP contribution in [0.5, 0.6) is 0 Å². The van der Waals surface area contributed by atoms with Crippen LogP contribution in [-0.2, 0) is 0 Å². The van der Waals surface area contributed by atoms with E-state index in [0.29, 0.717) is 17.1 Å². The van der Waals surface area contributed by atoms with Gasteiger partial charge < -0.3 is 14.2 Å². The Hall–Kier alpha value is -3.55. The number of anilines is 2. The second kappa shape index (κ2) is 6.88. The Labute approximate surface area is 160 Å². The summed E-state index contributed by atoms with van der Waals surface area (Å²) in [6.07, 6.45) is 3.48. The molecule has 1 aliphatic rings. The van der Waals surface area contributed by atoms with E-state index < -0.39 is 0 Å². The summed E-state index contributed by atoms with van der Waals surface area (Å²) in [5, 5.41) is 8.72. The van der Waals surface area contributed by atoms with Gasteiger partial charge in [0.1, 0.15) is 11.3 Å². The number of hydrogen-bond donors (Lipinski definition) is 0. The van der Waals surface area contributed by atoms with Crippen molar-refractivity contribution in [3.63, 3.8) is 0 Å². The van der Waals surface area contributed by atoms with E-state index in [1.165, 1.54) is 12.1 Å². The first-order valence-corrected chi connectivity index (χ1v) is 9.06. The Morgan fingerprint density at radius 1 is 0.857 bits per heavy atom. The Morgan fingerprint density at radius 3 is 2.39 bits per heavy atom. The number of pyridine rings is 1. The monoisotopic (exact) mass is 376 g/mol. The van der Waals surface area contributed by atoms with Crippen molar-refractivity contribution in [1.29, 1.82) is 0 Å². The highest BCUT2D eigenvalue weighted by Gasteiger charge is 2.22. The predicted molar refractivity (Wildman–Crippen MR) is 104 cm³/mol. The molecule has 0 radical (unpaired) electrons. The van der Waals surface area contributed by atoms with Crippen molar-refractivity contribution in [2.75, 3.05) is 36.0 Å². The molecule has 4 heterocycles. The maximum atomic E-state index is 13.3. The Bertz CT molecular complexity index is 1090. The van der Waals surface area contributed by atoms with Crippen molar-refractivity contribution in [2.45, 2.75) is 0 Å². The van der Waals surface area contributed by atoms with Crippen molar-refractivity contribution < 1.29 is 8.81 Å². The van der Waals surface area contributed by atoms with Gasteiger partial charge in [0.25, 0.3) is 6.01 Å². The van der Waals surface area contributed by atoms with Crippen LogP contribution in [0.1, 0.15) is 0 Å². The van der Waals surface area contributed by atoms with Crippen LogP contribution in [0.2, 0.25) is 0 Å². The van der Waals surface area contributed by atoms with Crippen LogP contribution < -0.4 is 9.80 Å². The van der Waals surface area contributed by atoms with Gasteiger partial charge in [0.2, 0.25) is 0 Å². The molecule has 1 saturated heterocycles. The molecule has 0 N–H and O–H groups in total. The van der Waals surface area contributed by atoms with Crippen LogP contribution in [0.25, 0.3) is 22.4 Å². The van der Waals surface area contributed by atoms with Gasteiger partial charge in [-0.3, -0.25) is 4.98 Å². The fourth-order valence-corrected chi connectivity index (χ4v) is 3.32. The number of fused-ring (bicyclic) bond motifs is 1. The minimum Gasteiger partial charge on any atom is -0.423 e. The highest BCUT2D eigenvalue weighted by molar-refractivity contribution is 5.74. The Balaban J connectivity index is 1.27. The lowest BCUT2D eigenvalue weighted by atomic mass is 10.2. The number of benzene rings is 1. The number of oxazole rings is 1. The van der Waals surface area contributed by atoms with Gasteiger partial charge in [-0.05, 0) is 36.4 Å². The second-order valence-corrected chi connectivity index (χ2v) is 6.60. The van der Waals surface area contributed by atoms with Gasteiger partial charge in [-0.25, -0.2) is 4.39 Å². The van der Waals surface area contributed by atoms with E-state index in [-0.39, 0.29) is 5.82 Å². The molecule has 0 saturated carbocycles. The quantitative estimate of drug-likeness (QED) is 0.544. The molecular formula is C20H17FN6O. The molecule has 7 nitrogen and oxygen atoms in total. The normalized spacial score (nSPS) is 14.6. The molecule has 0 aliphatic carbocycles. The highest BCUT2D eigenvalue weighted by Crippen LogP contribution is 2.25. The Kier molecular flexibility index (Phi) is 4.08. The third kappa shape index (κ3) is 3.13. The molecule has 0 spiro atoms. The summed E-state index contributed by atoms with van der Waals surface area (Å²) in [5.41, 5.74) is 2.95. The molecule has 8 heteroatoms. The average molecular weight is 376 g/mol. The minimum atomic E-state index is -0.325. The Morgan fingerprint density at radius 2 is 1.64 bits per heavy atom. The molecule has 140 valence electrons. The fraction of sp³-hybridized carbons (Fsp3) is 0.200. The summed E-state index contributed by atoms with van der Waals surface area (Å²) < 4.78 is 19.1. The number of aromatic nitrogens is 4. The van der Waals surface area contributed by atoms with Crippen LogP contribution in [0.4, 0.5) is 16.2 Å². The van der Waals surface area contributed by atoms with Gasteiger partial charge in [0.15, 0.2) is 11.4 Å². The first-order chi connectivity index (χ1) is 13.8. The average Bonchev–Trinajstić information content (AvgIpc) is 3.18. The van der Waals surface area contributed by atoms with Crippen molar-refractivity contribution in [1.82, 2.24) is 20.2 Å². The van der Waals surface area contributed by atoms with Crippen LogP contribution in [0.3, 0.4) is 0 Å². The van der Waals surface area contributed by atoms with Gasteiger partial charge >= 0.3 is 0 Å². The summed E-state index contributed by atoms with van der Waals surface area (Å²) in [6, 6.07) is 12.7. The number of nitrogens with zero attached hydrogens (tertiary/aromatic N) is 6. The van der Waals surface area contributed by atoms with Crippen molar-refractivity contribution in [3.8, 4) is 11.3 Å². The number of rotatable bonds is 3. The third-order valence-electron chi connectivity index (χ3n) is 4.84. The molecule has 5 rings (SSSR count). The maximum absolute atomic E-state index is 13.3. The number of hydrogen-bond acceptors (Lipinski definition) is 7. The summed E-state index contributed by atoms with van der Waals surface area (Å²) in [6.45, 7) is 3.03. The van der Waals surface area contributed by atoms with Crippen molar-refractivity contribution in [2.24, 2.45) is 0 Å². The summed E-state index contributed by atoms with van der Waals surface area (Å²) >= 11 is 0. The largest absolute Gasteiger partial charge is 0.423 e. The van der Waals surface area contributed by atoms with Crippen LogP contribution in [-0.4, -0.2) is 46.3 Å². The lowest BCUT2D eigenvalue weighted by Crippen LogP contribution is -2.47. The van der Waals surface area contributed by atoms with Crippen LogP contribution in [0.15, 0.2) is 59.3 Å². The molecule has 0 atom stereocenters. The van der Waals surface area contributed by atoms with E-state index in [1.54, 1.807) is 18.5 Å². The molecule has 3 aromatic heterocycles. The van der Waals surface area contributed by atoms with E-state index >= 15 is 0 Å². The smallest absolute Gasteiger partial charge is 0.298 e. The molecule has 0 unspecified atom stereocenters.